The maximum atomic E-state index is 11.7. The zero-order valence-electron chi connectivity index (χ0n) is 8.88. The van der Waals surface area contributed by atoms with Crippen molar-refractivity contribution in [2.75, 3.05) is 19.8 Å². The molecule has 1 N–H and O–H groups in total. The van der Waals surface area contributed by atoms with Crippen LogP contribution in [0.5, 0.6) is 0 Å². The van der Waals surface area contributed by atoms with Gasteiger partial charge >= 0.3 is 0 Å². The zero-order chi connectivity index (χ0) is 10.7. The lowest BCUT2D eigenvalue weighted by molar-refractivity contribution is -0.125. The summed E-state index contributed by atoms with van der Waals surface area (Å²) in [5.74, 6) is 0.682. The molecule has 15 heavy (non-hydrogen) atoms. The van der Waals surface area contributed by atoms with Crippen molar-refractivity contribution < 1.29 is 9.53 Å². The molecule has 0 bridgehead atoms. The molecule has 2 fully saturated rings. The third-order valence-electron chi connectivity index (χ3n) is 3.41. The maximum Gasteiger partial charge on any atom is 0.225 e. The minimum Gasteiger partial charge on any atom is -0.381 e. The first-order valence-electron chi connectivity index (χ1n) is 5.77. The van der Waals surface area contributed by atoms with Crippen LogP contribution in [-0.2, 0) is 9.53 Å². The predicted octanol–water partition coefficient (Wildman–Crippen LogP) is 1.55. The van der Waals surface area contributed by atoms with Crippen LogP contribution in [0.15, 0.2) is 0 Å². The molecule has 86 valence electrons. The van der Waals surface area contributed by atoms with Gasteiger partial charge in [-0.3, -0.25) is 4.79 Å². The molecule has 3 unspecified atom stereocenters. The lowest BCUT2D eigenvalue weighted by Crippen LogP contribution is -2.35. The van der Waals surface area contributed by atoms with Gasteiger partial charge in [-0.05, 0) is 25.2 Å². The Kier molecular flexibility index (Phi) is 3.87. The van der Waals surface area contributed by atoms with Crippen molar-refractivity contribution in [1.29, 1.82) is 0 Å². The largest absolute Gasteiger partial charge is 0.381 e. The molecule has 3 nitrogen and oxygen atoms in total. The number of alkyl halides is 1. The highest BCUT2D eigenvalue weighted by Gasteiger charge is 2.28. The second-order valence-corrected chi connectivity index (χ2v) is 5.07. The molecule has 2 rings (SSSR count). The number of ether oxygens (including phenoxy) is 1. The zero-order valence-corrected chi connectivity index (χ0v) is 9.63. The van der Waals surface area contributed by atoms with Gasteiger partial charge in [0, 0.05) is 18.5 Å². The van der Waals surface area contributed by atoms with E-state index in [4.69, 9.17) is 16.3 Å². The van der Waals surface area contributed by atoms with Crippen LogP contribution in [0.2, 0.25) is 0 Å². The molecule has 0 aromatic carbocycles. The molecule has 0 radical (unpaired) electrons. The van der Waals surface area contributed by atoms with Crippen LogP contribution in [-0.4, -0.2) is 31.0 Å². The fraction of sp³-hybridized carbons (Fsp3) is 0.909. The average Bonchev–Trinajstić information content (AvgIpc) is 2.85. The van der Waals surface area contributed by atoms with Gasteiger partial charge < -0.3 is 10.1 Å². The minimum atomic E-state index is 0.0696. The average molecular weight is 232 g/mol. The van der Waals surface area contributed by atoms with E-state index < -0.39 is 0 Å². The van der Waals surface area contributed by atoms with Crippen LogP contribution in [0.3, 0.4) is 0 Å². The van der Waals surface area contributed by atoms with Gasteiger partial charge in [0.05, 0.1) is 12.5 Å². The molecule has 4 heteroatoms. The molecule has 1 saturated heterocycles. The normalized spacial score (nSPS) is 35.7. The SMILES string of the molecule is O=C(NCC1CCCC1Cl)C1CCOC1. The van der Waals surface area contributed by atoms with Gasteiger partial charge in [-0.1, -0.05) is 6.42 Å². The fourth-order valence-corrected chi connectivity index (χ4v) is 2.71. The van der Waals surface area contributed by atoms with Crippen molar-refractivity contribution in [2.45, 2.75) is 31.1 Å². The van der Waals surface area contributed by atoms with Gasteiger partial charge in [-0.25, -0.2) is 0 Å². The van der Waals surface area contributed by atoms with Crippen LogP contribution in [0.1, 0.15) is 25.7 Å². The van der Waals surface area contributed by atoms with Crippen LogP contribution < -0.4 is 5.32 Å². The first-order valence-corrected chi connectivity index (χ1v) is 6.20. The summed E-state index contributed by atoms with van der Waals surface area (Å²) in [5, 5.41) is 3.25. The third kappa shape index (κ3) is 2.85. The van der Waals surface area contributed by atoms with E-state index in [-0.39, 0.29) is 17.2 Å². The smallest absolute Gasteiger partial charge is 0.225 e. The molecule has 1 heterocycles. The second kappa shape index (κ2) is 5.17. The molecule has 3 atom stereocenters. The van der Waals surface area contributed by atoms with E-state index in [0.29, 0.717) is 12.5 Å². The van der Waals surface area contributed by atoms with Crippen molar-refractivity contribution >= 4 is 17.5 Å². The summed E-state index contributed by atoms with van der Waals surface area (Å²) in [4.78, 5) is 11.7. The Bertz CT molecular complexity index is 229. The molecule has 0 aromatic rings. The standard InChI is InChI=1S/C11H18ClNO2/c12-10-3-1-2-8(10)6-13-11(14)9-4-5-15-7-9/h8-10H,1-7H2,(H,13,14). The minimum absolute atomic E-state index is 0.0696. The molecule has 1 saturated carbocycles. The van der Waals surface area contributed by atoms with E-state index >= 15 is 0 Å². The van der Waals surface area contributed by atoms with Crippen molar-refractivity contribution in [3.63, 3.8) is 0 Å². The number of carbonyl (C=O) groups excluding carboxylic acids is 1. The Morgan fingerprint density at radius 3 is 2.87 bits per heavy atom. The Labute approximate surface area is 95.5 Å². The lowest BCUT2D eigenvalue weighted by atomic mass is 10.1. The summed E-state index contributed by atoms with van der Waals surface area (Å²) in [6, 6.07) is 0. The van der Waals surface area contributed by atoms with Crippen molar-refractivity contribution in [2.24, 2.45) is 11.8 Å². The van der Waals surface area contributed by atoms with Crippen LogP contribution in [0.4, 0.5) is 0 Å². The summed E-state index contributed by atoms with van der Waals surface area (Å²) in [5.41, 5.74) is 0. The first-order chi connectivity index (χ1) is 7.27. The van der Waals surface area contributed by atoms with Gasteiger partial charge in [0.1, 0.15) is 0 Å². The molecule has 0 aromatic heterocycles. The Balaban J connectivity index is 1.70. The van der Waals surface area contributed by atoms with E-state index in [0.717, 1.165) is 32.4 Å². The van der Waals surface area contributed by atoms with E-state index in [2.05, 4.69) is 5.32 Å². The fourth-order valence-electron chi connectivity index (χ4n) is 2.34. The maximum absolute atomic E-state index is 11.7. The number of hydrogen-bond acceptors (Lipinski definition) is 2. The molecule has 2 aliphatic rings. The highest BCUT2D eigenvalue weighted by molar-refractivity contribution is 6.20. The topological polar surface area (TPSA) is 38.3 Å². The highest BCUT2D eigenvalue weighted by atomic mass is 35.5. The van der Waals surface area contributed by atoms with Gasteiger partial charge in [-0.2, -0.15) is 0 Å². The van der Waals surface area contributed by atoms with Crippen LogP contribution in [0.25, 0.3) is 0 Å². The first kappa shape index (κ1) is 11.2. The van der Waals surface area contributed by atoms with Crippen molar-refractivity contribution in [3.05, 3.63) is 0 Å². The quantitative estimate of drug-likeness (QED) is 0.749. The molecule has 1 aliphatic heterocycles. The Morgan fingerprint density at radius 1 is 1.40 bits per heavy atom. The van der Waals surface area contributed by atoms with Gasteiger partial charge in [0.25, 0.3) is 0 Å². The number of carbonyl (C=O) groups is 1. The van der Waals surface area contributed by atoms with E-state index in [1.807, 2.05) is 0 Å². The molecule has 1 aliphatic carbocycles. The van der Waals surface area contributed by atoms with Gasteiger partial charge in [0.15, 0.2) is 0 Å². The van der Waals surface area contributed by atoms with Gasteiger partial charge in [-0.15, -0.1) is 11.6 Å². The summed E-state index contributed by atoms with van der Waals surface area (Å²) < 4.78 is 5.18. The number of halogens is 1. The third-order valence-corrected chi connectivity index (χ3v) is 3.98. The lowest BCUT2D eigenvalue weighted by Gasteiger charge is -2.16. The molecule has 0 spiro atoms. The van der Waals surface area contributed by atoms with Crippen LogP contribution in [0, 0.1) is 11.8 Å². The number of rotatable bonds is 3. The highest BCUT2D eigenvalue weighted by Crippen LogP contribution is 2.29. The summed E-state index contributed by atoms with van der Waals surface area (Å²) in [7, 11) is 0. The summed E-state index contributed by atoms with van der Waals surface area (Å²) in [6.07, 6.45) is 4.30. The number of nitrogens with one attached hydrogen (secondary N) is 1. The molecular weight excluding hydrogens is 214 g/mol. The van der Waals surface area contributed by atoms with Crippen molar-refractivity contribution in [1.82, 2.24) is 5.32 Å². The molecular formula is C11H18ClNO2. The summed E-state index contributed by atoms with van der Waals surface area (Å²) in [6.45, 7) is 2.05. The van der Waals surface area contributed by atoms with E-state index in [1.165, 1.54) is 6.42 Å². The van der Waals surface area contributed by atoms with Crippen LogP contribution >= 0.6 is 11.6 Å². The van der Waals surface area contributed by atoms with Gasteiger partial charge in [0.2, 0.25) is 5.91 Å². The summed E-state index contributed by atoms with van der Waals surface area (Å²) >= 11 is 6.15. The van der Waals surface area contributed by atoms with E-state index in [9.17, 15) is 4.79 Å². The van der Waals surface area contributed by atoms with E-state index in [1.54, 1.807) is 0 Å². The number of hydrogen-bond donors (Lipinski definition) is 1. The van der Waals surface area contributed by atoms with Crippen molar-refractivity contribution in [3.8, 4) is 0 Å². The molecule has 1 amide bonds. The monoisotopic (exact) mass is 231 g/mol. The number of amides is 1. The predicted molar refractivity (Wildman–Crippen MR) is 58.9 cm³/mol. The Morgan fingerprint density at radius 2 is 2.27 bits per heavy atom. The Hall–Kier alpha value is -0.280. The second-order valence-electron chi connectivity index (χ2n) is 4.51.